The monoisotopic (exact) mass is 374 g/mol. The predicted molar refractivity (Wildman–Crippen MR) is 105 cm³/mol. The summed E-state index contributed by atoms with van der Waals surface area (Å²) in [5.74, 6) is 1.62. The molecule has 28 heavy (non-hydrogen) atoms. The van der Waals surface area contributed by atoms with E-state index >= 15 is 0 Å². The summed E-state index contributed by atoms with van der Waals surface area (Å²) in [5, 5.41) is 11.3. The number of para-hydroxylation sites is 1. The summed E-state index contributed by atoms with van der Waals surface area (Å²) < 4.78 is 17.1. The van der Waals surface area contributed by atoms with Crippen LogP contribution < -0.4 is 14.8 Å². The molecule has 2 heterocycles. The van der Waals surface area contributed by atoms with E-state index in [1.165, 1.54) is 0 Å². The maximum atomic E-state index is 5.97. The van der Waals surface area contributed by atoms with E-state index in [0.29, 0.717) is 35.6 Å². The van der Waals surface area contributed by atoms with Crippen molar-refractivity contribution >= 4 is 11.7 Å². The molecule has 0 saturated heterocycles. The van der Waals surface area contributed by atoms with Gasteiger partial charge in [0.2, 0.25) is 0 Å². The van der Waals surface area contributed by atoms with E-state index in [1.54, 1.807) is 19.5 Å². The van der Waals surface area contributed by atoms with Crippen molar-refractivity contribution in [1.82, 2.24) is 15.2 Å². The Morgan fingerprint density at radius 3 is 2.57 bits per heavy atom. The molecule has 0 spiro atoms. The Balaban J connectivity index is 1.59. The molecule has 7 heteroatoms. The lowest BCUT2D eigenvalue weighted by Gasteiger charge is -2.11. The first kappa shape index (κ1) is 17.5. The first-order valence-electron chi connectivity index (χ1n) is 8.67. The number of nitrogens with zero attached hydrogens (tertiary/aromatic N) is 3. The Morgan fingerprint density at radius 1 is 0.964 bits per heavy atom. The maximum Gasteiger partial charge on any atom is 0.320 e. The van der Waals surface area contributed by atoms with Crippen molar-refractivity contribution in [3.8, 4) is 23.0 Å². The third-order valence-corrected chi connectivity index (χ3v) is 4.01. The standard InChI is InChI=1S/C21H18N4O3/c1-26-17-7-8-19(27-14-15-9-11-22-12-10-15)18(13-17)20-24-25-21(28-20)23-16-5-3-2-4-6-16/h2-13H,14H2,1H3,(H,23,25). The Kier molecular flexibility index (Phi) is 5.15. The molecule has 0 atom stereocenters. The Morgan fingerprint density at radius 2 is 1.79 bits per heavy atom. The van der Waals surface area contributed by atoms with Gasteiger partial charge in [-0.05, 0) is 48.0 Å². The van der Waals surface area contributed by atoms with Crippen LogP contribution in [-0.2, 0) is 6.61 Å². The van der Waals surface area contributed by atoms with Crippen molar-refractivity contribution in [3.63, 3.8) is 0 Å². The average Bonchev–Trinajstić information content (AvgIpc) is 3.22. The van der Waals surface area contributed by atoms with Gasteiger partial charge in [-0.25, -0.2) is 0 Å². The van der Waals surface area contributed by atoms with Crippen molar-refractivity contribution in [1.29, 1.82) is 0 Å². The van der Waals surface area contributed by atoms with Crippen molar-refractivity contribution < 1.29 is 13.9 Å². The van der Waals surface area contributed by atoms with E-state index in [0.717, 1.165) is 11.3 Å². The highest BCUT2D eigenvalue weighted by Crippen LogP contribution is 2.34. The molecule has 7 nitrogen and oxygen atoms in total. The second-order valence-electron chi connectivity index (χ2n) is 5.91. The van der Waals surface area contributed by atoms with Gasteiger partial charge in [0.1, 0.15) is 18.1 Å². The second kappa shape index (κ2) is 8.22. The predicted octanol–water partition coefficient (Wildman–Crippen LogP) is 4.46. The van der Waals surface area contributed by atoms with E-state index in [2.05, 4.69) is 20.5 Å². The molecule has 0 unspecified atom stereocenters. The molecular weight excluding hydrogens is 356 g/mol. The lowest BCUT2D eigenvalue weighted by molar-refractivity contribution is 0.306. The first-order chi connectivity index (χ1) is 13.8. The molecule has 4 rings (SSSR count). The van der Waals surface area contributed by atoms with Gasteiger partial charge in [-0.2, -0.15) is 0 Å². The summed E-state index contributed by atoms with van der Waals surface area (Å²) >= 11 is 0. The van der Waals surface area contributed by atoms with Crippen LogP contribution in [0.4, 0.5) is 11.7 Å². The molecule has 2 aromatic heterocycles. The summed E-state index contributed by atoms with van der Waals surface area (Å²) in [6.45, 7) is 0.394. The fourth-order valence-corrected chi connectivity index (χ4v) is 2.60. The second-order valence-corrected chi connectivity index (χ2v) is 5.91. The number of nitrogens with one attached hydrogen (secondary N) is 1. The number of aromatic nitrogens is 3. The van der Waals surface area contributed by atoms with Gasteiger partial charge in [0.05, 0.1) is 12.7 Å². The molecule has 2 aromatic carbocycles. The SMILES string of the molecule is COc1ccc(OCc2ccncc2)c(-c2nnc(Nc3ccccc3)o2)c1. The minimum absolute atomic E-state index is 0.295. The number of anilines is 2. The largest absolute Gasteiger partial charge is 0.497 e. The Bertz CT molecular complexity index is 1040. The summed E-state index contributed by atoms with van der Waals surface area (Å²) in [6, 6.07) is 19.2. The van der Waals surface area contributed by atoms with Gasteiger partial charge in [-0.15, -0.1) is 5.10 Å². The van der Waals surface area contributed by atoms with E-state index in [9.17, 15) is 0 Å². The average molecular weight is 374 g/mol. The van der Waals surface area contributed by atoms with Gasteiger partial charge in [0, 0.05) is 18.1 Å². The summed E-state index contributed by atoms with van der Waals surface area (Å²) in [5.41, 5.74) is 2.52. The van der Waals surface area contributed by atoms with E-state index < -0.39 is 0 Å². The number of hydrogen-bond acceptors (Lipinski definition) is 7. The minimum atomic E-state index is 0.295. The molecule has 0 radical (unpaired) electrons. The van der Waals surface area contributed by atoms with Crippen molar-refractivity contribution in [3.05, 3.63) is 78.6 Å². The highest BCUT2D eigenvalue weighted by molar-refractivity contribution is 5.66. The third kappa shape index (κ3) is 4.09. The molecule has 0 aliphatic rings. The molecule has 0 aliphatic carbocycles. The lowest BCUT2D eigenvalue weighted by Crippen LogP contribution is -1.98. The molecule has 0 bridgehead atoms. The zero-order valence-corrected chi connectivity index (χ0v) is 15.2. The highest BCUT2D eigenvalue weighted by Gasteiger charge is 2.16. The van der Waals surface area contributed by atoms with Gasteiger partial charge in [-0.1, -0.05) is 23.3 Å². The van der Waals surface area contributed by atoms with Crippen LogP contribution in [0.3, 0.4) is 0 Å². The number of ether oxygens (including phenoxy) is 2. The van der Waals surface area contributed by atoms with Crippen LogP contribution in [0.25, 0.3) is 11.5 Å². The molecule has 0 fully saturated rings. The molecule has 4 aromatic rings. The van der Waals surface area contributed by atoms with Gasteiger partial charge in [0.25, 0.3) is 5.89 Å². The number of methoxy groups -OCH3 is 1. The Hall–Kier alpha value is -3.87. The van der Waals surface area contributed by atoms with Crippen molar-refractivity contribution in [2.24, 2.45) is 0 Å². The number of benzene rings is 2. The quantitative estimate of drug-likeness (QED) is 0.511. The molecular formula is C21H18N4O3. The van der Waals surface area contributed by atoms with Crippen molar-refractivity contribution in [2.45, 2.75) is 6.61 Å². The summed E-state index contributed by atoms with van der Waals surface area (Å²) in [4.78, 5) is 4.01. The van der Waals surface area contributed by atoms with Gasteiger partial charge >= 0.3 is 6.01 Å². The van der Waals surface area contributed by atoms with Gasteiger partial charge in [-0.3, -0.25) is 4.98 Å². The van der Waals surface area contributed by atoms with Gasteiger partial charge in [0.15, 0.2) is 0 Å². The van der Waals surface area contributed by atoms with E-state index in [-0.39, 0.29) is 0 Å². The third-order valence-electron chi connectivity index (χ3n) is 4.01. The van der Waals surface area contributed by atoms with E-state index in [1.807, 2.05) is 60.7 Å². The summed E-state index contributed by atoms with van der Waals surface area (Å²) in [7, 11) is 1.60. The van der Waals surface area contributed by atoms with Crippen LogP contribution in [0.5, 0.6) is 11.5 Å². The topological polar surface area (TPSA) is 82.3 Å². The van der Waals surface area contributed by atoms with Crippen LogP contribution in [0, 0.1) is 0 Å². The zero-order chi connectivity index (χ0) is 19.2. The number of rotatable bonds is 7. The molecule has 0 amide bonds. The van der Waals surface area contributed by atoms with Crippen LogP contribution in [0.15, 0.2) is 77.5 Å². The molecule has 1 N–H and O–H groups in total. The van der Waals surface area contributed by atoms with Crippen LogP contribution >= 0.6 is 0 Å². The zero-order valence-electron chi connectivity index (χ0n) is 15.2. The lowest BCUT2D eigenvalue weighted by atomic mass is 10.2. The molecule has 0 aliphatic heterocycles. The van der Waals surface area contributed by atoms with Crippen LogP contribution in [0.1, 0.15) is 5.56 Å². The Labute approximate surface area is 162 Å². The maximum absolute atomic E-state index is 5.97. The highest BCUT2D eigenvalue weighted by atomic mass is 16.5. The first-order valence-corrected chi connectivity index (χ1v) is 8.67. The fraction of sp³-hybridized carbons (Fsp3) is 0.0952. The smallest absolute Gasteiger partial charge is 0.320 e. The number of hydrogen-bond donors (Lipinski definition) is 1. The fourth-order valence-electron chi connectivity index (χ4n) is 2.60. The molecule has 0 saturated carbocycles. The van der Waals surface area contributed by atoms with Crippen LogP contribution in [-0.4, -0.2) is 22.3 Å². The normalized spacial score (nSPS) is 10.5. The van der Waals surface area contributed by atoms with Gasteiger partial charge < -0.3 is 19.2 Å². The molecule has 140 valence electrons. The minimum Gasteiger partial charge on any atom is -0.497 e. The summed E-state index contributed by atoms with van der Waals surface area (Å²) in [6.07, 6.45) is 3.46. The van der Waals surface area contributed by atoms with Crippen molar-refractivity contribution in [2.75, 3.05) is 12.4 Å². The van der Waals surface area contributed by atoms with Crippen LogP contribution in [0.2, 0.25) is 0 Å². The number of pyridine rings is 1. The van der Waals surface area contributed by atoms with E-state index in [4.69, 9.17) is 13.9 Å².